The van der Waals surface area contributed by atoms with Gasteiger partial charge in [-0.1, -0.05) is 24.9 Å². The van der Waals surface area contributed by atoms with Gasteiger partial charge in [0.1, 0.15) is 5.75 Å². The van der Waals surface area contributed by atoms with Crippen molar-refractivity contribution in [2.45, 2.75) is 33.2 Å². The van der Waals surface area contributed by atoms with Crippen LogP contribution in [0, 0.1) is 6.92 Å². The molecule has 1 aromatic carbocycles. The third-order valence-corrected chi connectivity index (χ3v) is 3.29. The number of ether oxygens (including phenoxy) is 1. The predicted molar refractivity (Wildman–Crippen MR) is 83.2 cm³/mol. The Bertz CT molecular complexity index is 580. The topological polar surface area (TPSA) is 39.1 Å². The SMILES string of the molecule is CCCCn1cc(C)nc1Nc1cc(Cl)ccc1OC. The highest BCUT2D eigenvalue weighted by molar-refractivity contribution is 6.30. The van der Waals surface area contributed by atoms with E-state index < -0.39 is 0 Å². The number of anilines is 2. The number of hydrogen-bond acceptors (Lipinski definition) is 3. The van der Waals surface area contributed by atoms with Gasteiger partial charge in [-0.05, 0) is 31.5 Å². The largest absolute Gasteiger partial charge is 0.495 e. The molecular formula is C15H20ClN3O. The molecule has 1 aromatic heterocycles. The summed E-state index contributed by atoms with van der Waals surface area (Å²) in [6.07, 6.45) is 4.32. The maximum atomic E-state index is 6.05. The molecule has 108 valence electrons. The summed E-state index contributed by atoms with van der Waals surface area (Å²) < 4.78 is 7.47. The Morgan fingerprint density at radius 1 is 1.40 bits per heavy atom. The van der Waals surface area contributed by atoms with Crippen molar-refractivity contribution < 1.29 is 4.74 Å². The minimum absolute atomic E-state index is 0.664. The van der Waals surface area contributed by atoms with Gasteiger partial charge >= 0.3 is 0 Å². The Morgan fingerprint density at radius 2 is 2.20 bits per heavy atom. The number of unbranched alkanes of at least 4 members (excludes halogenated alkanes) is 1. The van der Waals surface area contributed by atoms with Gasteiger partial charge in [-0.3, -0.25) is 0 Å². The summed E-state index contributed by atoms with van der Waals surface area (Å²) in [5.74, 6) is 1.56. The summed E-state index contributed by atoms with van der Waals surface area (Å²) in [5.41, 5.74) is 1.81. The van der Waals surface area contributed by atoms with Crippen LogP contribution in [0.1, 0.15) is 25.5 Å². The molecule has 0 aliphatic carbocycles. The molecule has 0 aliphatic heterocycles. The smallest absolute Gasteiger partial charge is 0.207 e. The van der Waals surface area contributed by atoms with Crippen molar-refractivity contribution in [1.29, 1.82) is 0 Å². The molecule has 0 radical (unpaired) electrons. The van der Waals surface area contributed by atoms with Crippen molar-refractivity contribution in [2.75, 3.05) is 12.4 Å². The van der Waals surface area contributed by atoms with Gasteiger partial charge in [0, 0.05) is 17.8 Å². The molecule has 0 saturated heterocycles. The minimum Gasteiger partial charge on any atom is -0.495 e. The van der Waals surface area contributed by atoms with Crippen LogP contribution in [-0.4, -0.2) is 16.7 Å². The van der Waals surface area contributed by atoms with Gasteiger partial charge in [-0.15, -0.1) is 0 Å². The average molecular weight is 294 g/mol. The lowest BCUT2D eigenvalue weighted by atomic mass is 10.3. The zero-order chi connectivity index (χ0) is 14.5. The Hall–Kier alpha value is -1.68. The lowest BCUT2D eigenvalue weighted by molar-refractivity contribution is 0.416. The van der Waals surface area contributed by atoms with E-state index in [9.17, 15) is 0 Å². The molecule has 4 nitrogen and oxygen atoms in total. The first kappa shape index (κ1) is 14.7. The highest BCUT2D eigenvalue weighted by atomic mass is 35.5. The van der Waals surface area contributed by atoms with E-state index in [1.54, 1.807) is 13.2 Å². The second-order valence-corrected chi connectivity index (χ2v) is 5.16. The summed E-state index contributed by atoms with van der Waals surface area (Å²) >= 11 is 6.05. The average Bonchev–Trinajstić information content (AvgIpc) is 2.77. The van der Waals surface area contributed by atoms with Crippen molar-refractivity contribution in [1.82, 2.24) is 9.55 Å². The molecule has 0 atom stereocenters. The molecular weight excluding hydrogens is 274 g/mol. The van der Waals surface area contributed by atoms with Gasteiger partial charge < -0.3 is 14.6 Å². The highest BCUT2D eigenvalue weighted by Crippen LogP contribution is 2.30. The van der Waals surface area contributed by atoms with Crippen molar-refractivity contribution in [2.24, 2.45) is 0 Å². The van der Waals surface area contributed by atoms with Crippen LogP contribution in [0.25, 0.3) is 0 Å². The predicted octanol–water partition coefficient (Wildman–Crippen LogP) is 4.40. The summed E-state index contributed by atoms with van der Waals surface area (Å²) in [6.45, 7) is 5.11. The molecule has 1 N–H and O–H groups in total. The van der Waals surface area contributed by atoms with E-state index in [1.807, 2.05) is 19.1 Å². The first-order chi connectivity index (χ1) is 9.63. The lowest BCUT2D eigenvalue weighted by Gasteiger charge is -2.12. The van der Waals surface area contributed by atoms with Gasteiger partial charge in [0.15, 0.2) is 0 Å². The van der Waals surface area contributed by atoms with Crippen molar-refractivity contribution in [3.63, 3.8) is 0 Å². The van der Waals surface area contributed by atoms with E-state index in [0.29, 0.717) is 5.02 Å². The quantitative estimate of drug-likeness (QED) is 0.858. The van der Waals surface area contributed by atoms with Crippen LogP contribution in [0.15, 0.2) is 24.4 Å². The summed E-state index contributed by atoms with van der Waals surface area (Å²) in [5, 5.41) is 3.97. The maximum Gasteiger partial charge on any atom is 0.207 e. The van der Waals surface area contributed by atoms with Crippen LogP contribution in [-0.2, 0) is 6.54 Å². The van der Waals surface area contributed by atoms with Gasteiger partial charge in [-0.25, -0.2) is 4.98 Å². The van der Waals surface area contributed by atoms with Gasteiger partial charge in [-0.2, -0.15) is 0 Å². The van der Waals surface area contributed by atoms with Crippen LogP contribution >= 0.6 is 11.6 Å². The monoisotopic (exact) mass is 293 g/mol. The summed E-state index contributed by atoms with van der Waals surface area (Å²) in [6, 6.07) is 5.49. The molecule has 0 aliphatic rings. The number of aromatic nitrogens is 2. The van der Waals surface area contributed by atoms with Crippen molar-refractivity contribution in [3.8, 4) is 5.75 Å². The molecule has 0 spiro atoms. The van der Waals surface area contributed by atoms with E-state index in [4.69, 9.17) is 16.3 Å². The molecule has 5 heteroatoms. The number of nitrogens with one attached hydrogen (secondary N) is 1. The molecule has 0 bridgehead atoms. The third-order valence-electron chi connectivity index (χ3n) is 3.06. The minimum atomic E-state index is 0.664. The van der Waals surface area contributed by atoms with Crippen LogP contribution in [0.5, 0.6) is 5.75 Å². The number of aryl methyl sites for hydroxylation is 2. The molecule has 2 rings (SSSR count). The lowest BCUT2D eigenvalue weighted by Crippen LogP contribution is -2.04. The molecule has 0 amide bonds. The van der Waals surface area contributed by atoms with Crippen molar-refractivity contribution in [3.05, 3.63) is 35.1 Å². The Labute approximate surface area is 124 Å². The fourth-order valence-electron chi connectivity index (χ4n) is 2.04. The molecule has 1 heterocycles. The number of methoxy groups -OCH3 is 1. The molecule has 0 unspecified atom stereocenters. The second-order valence-electron chi connectivity index (χ2n) is 4.72. The zero-order valence-corrected chi connectivity index (χ0v) is 12.9. The maximum absolute atomic E-state index is 6.05. The zero-order valence-electron chi connectivity index (χ0n) is 12.1. The van der Waals surface area contributed by atoms with Gasteiger partial charge in [0.05, 0.1) is 18.5 Å². The molecule has 2 aromatic rings. The standard InChI is InChI=1S/C15H20ClN3O/c1-4-5-8-19-10-11(2)17-15(19)18-13-9-12(16)6-7-14(13)20-3/h6-7,9-10H,4-5,8H2,1-3H3,(H,17,18). The Balaban J connectivity index is 2.27. The van der Waals surface area contributed by atoms with Crippen LogP contribution in [0.4, 0.5) is 11.6 Å². The van der Waals surface area contributed by atoms with Crippen LogP contribution in [0.2, 0.25) is 5.02 Å². The first-order valence-electron chi connectivity index (χ1n) is 6.78. The van der Waals surface area contributed by atoms with Crippen molar-refractivity contribution >= 4 is 23.2 Å². The summed E-state index contributed by atoms with van der Waals surface area (Å²) in [4.78, 5) is 4.52. The van der Waals surface area contributed by atoms with Crippen LogP contribution in [0.3, 0.4) is 0 Å². The third kappa shape index (κ3) is 3.45. The number of benzene rings is 1. The summed E-state index contributed by atoms with van der Waals surface area (Å²) in [7, 11) is 1.64. The molecule has 20 heavy (non-hydrogen) atoms. The molecule has 0 fully saturated rings. The number of nitrogens with zero attached hydrogens (tertiary/aromatic N) is 2. The number of halogens is 1. The normalized spacial score (nSPS) is 10.6. The van der Waals surface area contributed by atoms with E-state index in [-0.39, 0.29) is 0 Å². The van der Waals surface area contributed by atoms with Gasteiger partial charge in [0.2, 0.25) is 5.95 Å². The fraction of sp³-hybridized carbons (Fsp3) is 0.400. The van der Waals surface area contributed by atoms with Crippen LogP contribution < -0.4 is 10.1 Å². The Kier molecular flexibility index (Phi) is 4.90. The van der Waals surface area contributed by atoms with Gasteiger partial charge in [0.25, 0.3) is 0 Å². The van der Waals surface area contributed by atoms with E-state index in [1.165, 1.54) is 0 Å². The van der Waals surface area contributed by atoms with E-state index in [0.717, 1.165) is 42.5 Å². The fourth-order valence-corrected chi connectivity index (χ4v) is 2.22. The highest BCUT2D eigenvalue weighted by Gasteiger charge is 2.09. The number of imidazole rings is 1. The first-order valence-corrected chi connectivity index (χ1v) is 7.16. The molecule has 0 saturated carbocycles. The number of hydrogen-bond donors (Lipinski definition) is 1. The Morgan fingerprint density at radius 3 is 2.90 bits per heavy atom. The van der Waals surface area contributed by atoms with E-state index >= 15 is 0 Å². The van der Waals surface area contributed by atoms with E-state index in [2.05, 4.69) is 28.0 Å². The second kappa shape index (κ2) is 6.66. The number of rotatable bonds is 6.